The second-order valence-electron chi connectivity index (χ2n) is 10.2. The average Bonchev–Trinajstić information content (AvgIpc) is 3.36. The molecule has 1 saturated heterocycles. The first-order valence-electron chi connectivity index (χ1n) is 13.1. The maximum Gasteiger partial charge on any atom is 0.332 e. The molecule has 2 aliphatic rings. The number of nitrogens with one attached hydrogen (secondary N) is 2. The molecule has 37 heavy (non-hydrogen) atoms. The van der Waals surface area contributed by atoms with Crippen LogP contribution in [0, 0.1) is 0 Å². The van der Waals surface area contributed by atoms with Crippen LogP contribution in [-0.4, -0.2) is 47.4 Å². The van der Waals surface area contributed by atoms with Gasteiger partial charge in [0.1, 0.15) is 5.75 Å². The number of carbonyl (C=O) groups excluding carboxylic acids is 3. The van der Waals surface area contributed by atoms with E-state index in [1.54, 1.807) is 43.2 Å². The lowest BCUT2D eigenvalue weighted by Gasteiger charge is -2.35. The molecule has 0 unspecified atom stereocenters. The van der Waals surface area contributed by atoms with Crippen LogP contribution in [-0.2, 0) is 16.8 Å². The van der Waals surface area contributed by atoms with E-state index < -0.39 is 11.6 Å². The third kappa shape index (κ3) is 3.95. The van der Waals surface area contributed by atoms with Crippen molar-refractivity contribution in [1.29, 1.82) is 0 Å². The summed E-state index contributed by atoms with van der Waals surface area (Å²) in [6, 6.07) is 12.2. The number of aromatic nitrogens is 1. The Morgan fingerprint density at radius 1 is 1.19 bits per heavy atom. The Morgan fingerprint density at radius 2 is 1.97 bits per heavy atom. The number of hydrogen-bond donors (Lipinski definition) is 2. The second-order valence-corrected chi connectivity index (χ2v) is 10.2. The molecule has 3 aromatic rings. The Hall–Kier alpha value is -3.81. The molecular weight excluding hydrogens is 468 g/mol. The van der Waals surface area contributed by atoms with Gasteiger partial charge in [0, 0.05) is 23.5 Å². The Bertz CT molecular complexity index is 1380. The van der Waals surface area contributed by atoms with E-state index >= 15 is 0 Å². The highest BCUT2D eigenvalue weighted by Crippen LogP contribution is 2.46. The maximum absolute atomic E-state index is 14.1. The number of para-hydroxylation sites is 1. The van der Waals surface area contributed by atoms with Crippen molar-refractivity contribution < 1.29 is 19.1 Å². The summed E-state index contributed by atoms with van der Waals surface area (Å²) in [6.45, 7) is 6.32. The molecule has 3 heterocycles. The summed E-state index contributed by atoms with van der Waals surface area (Å²) in [5, 5.41) is 4.04. The number of ether oxygens (including phenoxy) is 1. The molecule has 1 aromatic heterocycles. The van der Waals surface area contributed by atoms with E-state index in [-0.39, 0.29) is 17.9 Å². The lowest BCUT2D eigenvalue weighted by Crippen LogP contribution is -2.49. The summed E-state index contributed by atoms with van der Waals surface area (Å²) in [5.74, 6) is 0.0861. The van der Waals surface area contributed by atoms with Gasteiger partial charge in [0.25, 0.3) is 11.8 Å². The van der Waals surface area contributed by atoms with E-state index in [9.17, 15) is 14.4 Å². The van der Waals surface area contributed by atoms with E-state index in [0.29, 0.717) is 29.9 Å². The molecule has 194 valence electrons. The molecule has 0 spiro atoms. The van der Waals surface area contributed by atoms with Crippen molar-refractivity contribution in [3.05, 3.63) is 59.3 Å². The molecule has 1 fully saturated rings. The number of imide groups is 1. The van der Waals surface area contributed by atoms with Crippen molar-refractivity contribution in [2.75, 3.05) is 18.6 Å². The molecule has 0 radical (unpaired) electrons. The highest BCUT2D eigenvalue weighted by Gasteiger charge is 2.59. The standard InChI is InChI=1S/C29H34N4O4/c1-5-6-7-10-18(2)30-26(34)21-11-8-9-12-24(21)33-27(35)29(3)25-20(15-16-32(29)28(33)36)22-17-19(37-4)13-14-23(22)31-25/h8-9,11-14,17-18,31H,5-7,10,15-16H2,1-4H3,(H,30,34)/t18-,29-/m0/s1. The quantitative estimate of drug-likeness (QED) is 0.330. The van der Waals surface area contributed by atoms with Gasteiger partial charge in [-0.2, -0.15) is 0 Å². The lowest BCUT2D eigenvalue weighted by molar-refractivity contribution is -0.125. The largest absolute Gasteiger partial charge is 0.497 e. The van der Waals surface area contributed by atoms with E-state index in [2.05, 4.69) is 17.2 Å². The van der Waals surface area contributed by atoms with Gasteiger partial charge >= 0.3 is 6.03 Å². The number of fused-ring (bicyclic) bond motifs is 5. The number of hydrogen-bond acceptors (Lipinski definition) is 4. The molecule has 8 nitrogen and oxygen atoms in total. The molecule has 0 saturated carbocycles. The minimum absolute atomic E-state index is 0.00756. The smallest absolute Gasteiger partial charge is 0.332 e. The Morgan fingerprint density at radius 3 is 2.73 bits per heavy atom. The fourth-order valence-electron chi connectivity index (χ4n) is 5.69. The van der Waals surface area contributed by atoms with E-state index in [1.807, 2.05) is 25.1 Å². The van der Waals surface area contributed by atoms with Gasteiger partial charge in [0.2, 0.25) is 0 Å². The van der Waals surface area contributed by atoms with Gasteiger partial charge in [-0.05, 0) is 62.6 Å². The summed E-state index contributed by atoms with van der Waals surface area (Å²) in [6.07, 6.45) is 4.76. The highest BCUT2D eigenvalue weighted by atomic mass is 16.5. The second kappa shape index (κ2) is 9.57. The number of benzene rings is 2. The number of aromatic amines is 1. The van der Waals surface area contributed by atoms with Crippen LogP contribution in [0.1, 0.15) is 68.1 Å². The van der Waals surface area contributed by atoms with Crippen LogP contribution in [0.4, 0.5) is 10.5 Å². The Balaban J connectivity index is 1.50. The number of carbonyl (C=O) groups is 3. The van der Waals surface area contributed by atoms with Crippen LogP contribution in [0.2, 0.25) is 0 Å². The summed E-state index contributed by atoms with van der Waals surface area (Å²) >= 11 is 0. The first-order valence-corrected chi connectivity index (χ1v) is 13.1. The number of anilines is 1. The minimum atomic E-state index is -1.20. The zero-order valence-corrected chi connectivity index (χ0v) is 21.9. The fourth-order valence-corrected chi connectivity index (χ4v) is 5.69. The van der Waals surface area contributed by atoms with E-state index in [1.165, 1.54) is 4.90 Å². The van der Waals surface area contributed by atoms with E-state index in [0.717, 1.165) is 47.9 Å². The fraction of sp³-hybridized carbons (Fsp3) is 0.414. The highest BCUT2D eigenvalue weighted by molar-refractivity contribution is 6.25. The van der Waals surface area contributed by atoms with Gasteiger partial charge < -0.3 is 19.9 Å². The molecule has 5 rings (SSSR count). The molecular formula is C29H34N4O4. The maximum atomic E-state index is 14.1. The number of urea groups is 1. The number of nitrogens with zero attached hydrogens (tertiary/aromatic N) is 2. The molecule has 2 N–H and O–H groups in total. The number of methoxy groups -OCH3 is 1. The average molecular weight is 503 g/mol. The molecule has 2 aromatic carbocycles. The van der Waals surface area contributed by atoms with Crippen molar-refractivity contribution in [2.45, 2.75) is 64.5 Å². The van der Waals surface area contributed by atoms with Crippen molar-refractivity contribution in [2.24, 2.45) is 0 Å². The molecule has 2 atom stereocenters. The molecule has 2 aliphatic heterocycles. The van der Waals surface area contributed by atoms with Gasteiger partial charge in [0.15, 0.2) is 5.54 Å². The lowest BCUT2D eigenvalue weighted by atomic mass is 9.87. The molecule has 0 bridgehead atoms. The molecule has 4 amide bonds. The minimum Gasteiger partial charge on any atom is -0.497 e. The van der Waals surface area contributed by atoms with Crippen molar-refractivity contribution in [1.82, 2.24) is 15.2 Å². The number of H-pyrrole nitrogens is 1. The third-order valence-corrected chi connectivity index (χ3v) is 7.77. The van der Waals surface area contributed by atoms with Gasteiger partial charge in [-0.1, -0.05) is 38.3 Å². The number of rotatable bonds is 8. The van der Waals surface area contributed by atoms with Crippen molar-refractivity contribution >= 4 is 34.4 Å². The predicted molar refractivity (Wildman–Crippen MR) is 143 cm³/mol. The first-order chi connectivity index (χ1) is 17.8. The predicted octanol–water partition coefficient (Wildman–Crippen LogP) is 5.12. The Kier molecular flexibility index (Phi) is 6.43. The summed E-state index contributed by atoms with van der Waals surface area (Å²) in [4.78, 5) is 47.3. The van der Waals surface area contributed by atoms with Gasteiger partial charge in [-0.15, -0.1) is 0 Å². The van der Waals surface area contributed by atoms with Gasteiger partial charge in [-0.25, -0.2) is 9.69 Å². The van der Waals surface area contributed by atoms with Crippen LogP contribution in [0.3, 0.4) is 0 Å². The van der Waals surface area contributed by atoms with E-state index in [4.69, 9.17) is 4.74 Å². The normalized spacial score (nSPS) is 19.7. The monoisotopic (exact) mass is 502 g/mol. The van der Waals surface area contributed by atoms with Crippen LogP contribution in [0.25, 0.3) is 10.9 Å². The topological polar surface area (TPSA) is 94.7 Å². The number of unbranched alkanes of at least 4 members (excludes halogenated alkanes) is 2. The zero-order chi connectivity index (χ0) is 26.3. The summed E-state index contributed by atoms with van der Waals surface area (Å²) < 4.78 is 5.41. The Labute approximate surface area is 217 Å². The van der Waals surface area contributed by atoms with Crippen LogP contribution >= 0.6 is 0 Å². The van der Waals surface area contributed by atoms with Crippen LogP contribution in [0.15, 0.2) is 42.5 Å². The van der Waals surface area contributed by atoms with Gasteiger partial charge in [0.05, 0.1) is 24.1 Å². The summed E-state index contributed by atoms with van der Waals surface area (Å²) in [5.41, 5.74) is 2.05. The molecule has 8 heteroatoms. The number of amides is 4. The SMILES string of the molecule is CCCCC[C@H](C)NC(=O)c1ccccc1N1C(=O)N2CCc3c([nH]c4ccc(OC)cc34)[C@@]2(C)C1=O. The van der Waals surface area contributed by atoms with Gasteiger partial charge in [-0.3, -0.25) is 9.59 Å². The first kappa shape index (κ1) is 24.9. The van der Waals surface area contributed by atoms with Crippen molar-refractivity contribution in [3.8, 4) is 5.75 Å². The zero-order valence-electron chi connectivity index (χ0n) is 21.9. The third-order valence-electron chi connectivity index (χ3n) is 7.77. The summed E-state index contributed by atoms with van der Waals surface area (Å²) in [7, 11) is 1.62. The van der Waals surface area contributed by atoms with Crippen LogP contribution in [0.5, 0.6) is 5.75 Å². The van der Waals surface area contributed by atoms with Crippen molar-refractivity contribution in [3.63, 3.8) is 0 Å². The van der Waals surface area contributed by atoms with Crippen LogP contribution < -0.4 is 15.0 Å². The molecule has 0 aliphatic carbocycles.